The maximum atomic E-state index is 4.75. The van der Waals surface area contributed by atoms with Crippen LogP contribution in [0.25, 0.3) is 0 Å². The van der Waals surface area contributed by atoms with Gasteiger partial charge in [-0.3, -0.25) is 4.99 Å². The zero-order valence-electron chi connectivity index (χ0n) is 16.3. The van der Waals surface area contributed by atoms with E-state index < -0.39 is 0 Å². The van der Waals surface area contributed by atoms with Crippen LogP contribution in [-0.2, 0) is 19.4 Å². The van der Waals surface area contributed by atoms with Crippen LogP contribution in [0, 0.1) is 0 Å². The number of fused-ring (bicyclic) bond motifs is 1. The van der Waals surface area contributed by atoms with Gasteiger partial charge in [0.15, 0.2) is 5.96 Å². The zero-order valence-corrected chi connectivity index (χ0v) is 19.4. The molecule has 0 amide bonds. The average molecular weight is 502 g/mol. The van der Waals surface area contributed by atoms with Crippen molar-refractivity contribution < 1.29 is 0 Å². The molecule has 0 saturated carbocycles. The van der Waals surface area contributed by atoms with Crippen molar-refractivity contribution in [2.24, 2.45) is 4.99 Å². The fourth-order valence-corrected chi connectivity index (χ4v) is 4.04. The Morgan fingerprint density at radius 3 is 2.96 bits per heavy atom. The summed E-state index contributed by atoms with van der Waals surface area (Å²) in [7, 11) is 0. The van der Waals surface area contributed by atoms with Crippen molar-refractivity contribution in [1.82, 2.24) is 25.4 Å². The fraction of sp³-hybridized carbons (Fsp3) is 0.632. The van der Waals surface area contributed by atoms with E-state index in [1.165, 1.54) is 24.8 Å². The smallest absolute Gasteiger partial charge is 0.191 e. The van der Waals surface area contributed by atoms with E-state index in [9.17, 15) is 0 Å². The molecule has 1 aliphatic heterocycles. The van der Waals surface area contributed by atoms with Gasteiger partial charge in [0.1, 0.15) is 11.6 Å². The van der Waals surface area contributed by atoms with Crippen LogP contribution in [0.1, 0.15) is 56.2 Å². The number of aromatic nitrogens is 3. The Hall–Kier alpha value is -1.16. The number of thiophene rings is 1. The van der Waals surface area contributed by atoms with Crippen molar-refractivity contribution >= 4 is 41.3 Å². The molecule has 2 aromatic rings. The first kappa shape index (κ1) is 22.1. The van der Waals surface area contributed by atoms with Crippen molar-refractivity contribution in [3.63, 3.8) is 0 Å². The van der Waals surface area contributed by atoms with Gasteiger partial charge >= 0.3 is 0 Å². The highest BCUT2D eigenvalue weighted by Crippen LogP contribution is 2.18. The number of guanidine groups is 1. The van der Waals surface area contributed by atoms with Crippen molar-refractivity contribution in [3.8, 4) is 0 Å². The largest absolute Gasteiger partial charge is 0.357 e. The highest BCUT2D eigenvalue weighted by Gasteiger charge is 2.14. The van der Waals surface area contributed by atoms with Crippen molar-refractivity contribution in [3.05, 3.63) is 34.0 Å². The lowest BCUT2D eigenvalue weighted by Gasteiger charge is -2.13. The Kier molecular flexibility index (Phi) is 9.53. The summed E-state index contributed by atoms with van der Waals surface area (Å²) in [6.45, 7) is 7.84. The van der Waals surface area contributed by atoms with E-state index >= 15 is 0 Å². The van der Waals surface area contributed by atoms with E-state index in [-0.39, 0.29) is 24.0 Å². The van der Waals surface area contributed by atoms with E-state index in [0.29, 0.717) is 5.92 Å². The molecule has 1 aliphatic rings. The van der Waals surface area contributed by atoms with E-state index in [1.807, 2.05) is 0 Å². The van der Waals surface area contributed by atoms with E-state index in [4.69, 9.17) is 4.99 Å². The predicted molar refractivity (Wildman–Crippen MR) is 123 cm³/mol. The first-order chi connectivity index (χ1) is 12.8. The second-order valence-corrected chi connectivity index (χ2v) is 7.63. The Morgan fingerprint density at radius 2 is 2.19 bits per heavy atom. The minimum absolute atomic E-state index is 0. The van der Waals surface area contributed by atoms with Crippen LogP contribution in [0.3, 0.4) is 0 Å². The zero-order chi connectivity index (χ0) is 18.2. The highest BCUT2D eigenvalue weighted by atomic mass is 127. The number of hydrogen-bond acceptors (Lipinski definition) is 4. The van der Waals surface area contributed by atoms with Gasteiger partial charge < -0.3 is 15.2 Å². The van der Waals surface area contributed by atoms with E-state index in [0.717, 1.165) is 56.6 Å². The third-order valence-electron chi connectivity index (χ3n) is 4.81. The quantitative estimate of drug-likeness (QED) is 0.345. The Morgan fingerprint density at radius 1 is 1.30 bits per heavy atom. The predicted octanol–water partition coefficient (Wildman–Crippen LogP) is 3.59. The summed E-state index contributed by atoms with van der Waals surface area (Å²) in [4.78, 5) is 4.75. The molecular weight excluding hydrogens is 471 g/mol. The number of hydrogen-bond donors (Lipinski definition) is 2. The summed E-state index contributed by atoms with van der Waals surface area (Å²) in [5, 5.41) is 19.9. The van der Waals surface area contributed by atoms with E-state index in [2.05, 4.69) is 56.1 Å². The molecule has 1 unspecified atom stereocenters. The minimum atomic E-state index is 0. The number of rotatable bonds is 7. The molecule has 0 aliphatic carbocycles. The SMILES string of the molecule is CCNC(=NCC(C)c1ccsc1)NCCc1nnc2n1CCCCC2.I. The van der Waals surface area contributed by atoms with Gasteiger partial charge in [-0.25, -0.2) is 0 Å². The number of nitrogens with zero attached hydrogens (tertiary/aromatic N) is 4. The van der Waals surface area contributed by atoms with Crippen LogP contribution in [0.4, 0.5) is 0 Å². The Balaban J connectivity index is 0.00000261. The third-order valence-corrected chi connectivity index (χ3v) is 5.51. The van der Waals surface area contributed by atoms with Crippen LogP contribution in [-0.4, -0.2) is 40.4 Å². The van der Waals surface area contributed by atoms with Gasteiger partial charge in [0.2, 0.25) is 0 Å². The molecule has 0 aromatic carbocycles. The fourth-order valence-electron chi connectivity index (χ4n) is 3.25. The third kappa shape index (κ3) is 6.44. The molecule has 0 radical (unpaired) electrons. The Bertz CT molecular complexity index is 697. The summed E-state index contributed by atoms with van der Waals surface area (Å²) < 4.78 is 2.32. The van der Waals surface area contributed by atoms with Crippen LogP contribution >= 0.6 is 35.3 Å². The molecule has 150 valence electrons. The summed E-state index contributed by atoms with van der Waals surface area (Å²) in [5.41, 5.74) is 1.36. The number of aliphatic imine (C=N–C) groups is 1. The normalized spacial score (nSPS) is 15.4. The summed E-state index contributed by atoms with van der Waals surface area (Å²) in [6.07, 6.45) is 5.69. The van der Waals surface area contributed by atoms with Crippen LogP contribution in [0.15, 0.2) is 21.8 Å². The molecule has 3 rings (SSSR count). The Labute approximate surface area is 183 Å². The van der Waals surface area contributed by atoms with Crippen LogP contribution in [0.2, 0.25) is 0 Å². The maximum absolute atomic E-state index is 4.75. The van der Waals surface area contributed by atoms with Gasteiger partial charge in [0.25, 0.3) is 0 Å². The molecule has 0 fully saturated rings. The van der Waals surface area contributed by atoms with Crippen molar-refractivity contribution in [2.45, 2.75) is 58.4 Å². The molecule has 2 N–H and O–H groups in total. The van der Waals surface area contributed by atoms with Crippen LogP contribution in [0.5, 0.6) is 0 Å². The van der Waals surface area contributed by atoms with Gasteiger partial charge in [-0.2, -0.15) is 11.3 Å². The molecule has 0 spiro atoms. The van der Waals surface area contributed by atoms with Gasteiger partial charge in [0.05, 0.1) is 0 Å². The average Bonchev–Trinajstić information content (AvgIpc) is 3.25. The molecule has 1 atom stereocenters. The van der Waals surface area contributed by atoms with Gasteiger partial charge in [-0.15, -0.1) is 34.2 Å². The summed E-state index contributed by atoms with van der Waals surface area (Å²) in [5.74, 6) is 3.56. The van der Waals surface area contributed by atoms with E-state index in [1.54, 1.807) is 11.3 Å². The molecule has 8 heteroatoms. The second kappa shape index (κ2) is 11.6. The molecular formula is C19H31IN6S. The molecule has 0 bridgehead atoms. The first-order valence-corrected chi connectivity index (χ1v) is 10.7. The molecule has 27 heavy (non-hydrogen) atoms. The highest BCUT2D eigenvalue weighted by molar-refractivity contribution is 14.0. The lowest BCUT2D eigenvalue weighted by molar-refractivity contribution is 0.600. The number of aryl methyl sites for hydroxylation is 1. The maximum Gasteiger partial charge on any atom is 0.191 e. The van der Waals surface area contributed by atoms with Crippen molar-refractivity contribution in [1.29, 1.82) is 0 Å². The lowest BCUT2D eigenvalue weighted by atomic mass is 10.1. The molecule has 3 heterocycles. The topological polar surface area (TPSA) is 67.1 Å². The van der Waals surface area contributed by atoms with Gasteiger partial charge in [-0.05, 0) is 42.2 Å². The number of halogens is 1. The van der Waals surface area contributed by atoms with Gasteiger partial charge in [-0.1, -0.05) is 13.3 Å². The summed E-state index contributed by atoms with van der Waals surface area (Å²) in [6, 6.07) is 2.18. The van der Waals surface area contributed by atoms with Crippen LogP contribution < -0.4 is 10.6 Å². The van der Waals surface area contributed by atoms with Gasteiger partial charge in [0, 0.05) is 44.9 Å². The lowest BCUT2D eigenvalue weighted by Crippen LogP contribution is -2.38. The molecule has 0 saturated heterocycles. The minimum Gasteiger partial charge on any atom is -0.357 e. The summed E-state index contributed by atoms with van der Waals surface area (Å²) >= 11 is 1.74. The van der Waals surface area contributed by atoms with Crippen molar-refractivity contribution in [2.75, 3.05) is 19.6 Å². The molecule has 2 aromatic heterocycles. The number of nitrogens with one attached hydrogen (secondary N) is 2. The first-order valence-electron chi connectivity index (χ1n) is 9.73. The second-order valence-electron chi connectivity index (χ2n) is 6.85. The molecule has 6 nitrogen and oxygen atoms in total. The standard InChI is InChI=1S/C19H30N6S.HI/c1-3-20-19(22-13-15(2)16-9-12-26-14-16)21-10-8-18-24-23-17-7-5-4-6-11-25(17)18;/h9,12,14-15H,3-8,10-11,13H2,1-2H3,(H2,20,21,22);1H. The monoisotopic (exact) mass is 502 g/mol.